The third kappa shape index (κ3) is 7.29. The van der Waals surface area contributed by atoms with E-state index in [2.05, 4.69) is 5.32 Å². The van der Waals surface area contributed by atoms with Gasteiger partial charge in [-0.05, 0) is 73.9 Å². The second-order valence-corrected chi connectivity index (χ2v) is 12.9. The number of halogens is 3. The van der Waals surface area contributed by atoms with Crippen LogP contribution in [0.1, 0.15) is 38.2 Å². The third-order valence-corrected chi connectivity index (χ3v) is 9.59. The molecule has 3 aromatic carbocycles. The Morgan fingerprint density at radius 3 is 2.25 bits per heavy atom. The lowest BCUT2D eigenvalue weighted by Gasteiger charge is -2.32. The van der Waals surface area contributed by atoms with Gasteiger partial charge in [-0.2, -0.15) is 0 Å². The standard InChI is InChI=1S/C29H30Cl3N3O4S/c1-20(29(37)33-24-9-3-4-10-24)34(18-21-7-2-5-12-27(21)32)28(36)19-35(25-11-6-8-23(31)17-25)40(38,39)26-15-13-22(30)14-16-26/h2,5-8,11-17,20,24H,3-4,9-10,18-19H2,1H3,(H,33,37)/t20-/m1/s1. The van der Waals surface area contributed by atoms with Gasteiger partial charge < -0.3 is 10.2 Å². The van der Waals surface area contributed by atoms with E-state index in [0.29, 0.717) is 20.6 Å². The summed E-state index contributed by atoms with van der Waals surface area (Å²) in [6.07, 6.45) is 3.86. The molecule has 0 aromatic heterocycles. The van der Waals surface area contributed by atoms with Crippen molar-refractivity contribution in [3.05, 3.63) is 93.4 Å². The summed E-state index contributed by atoms with van der Waals surface area (Å²) in [7, 11) is -4.22. The Morgan fingerprint density at radius 2 is 1.60 bits per heavy atom. The number of hydrogen-bond donors (Lipinski definition) is 1. The predicted molar refractivity (Wildman–Crippen MR) is 159 cm³/mol. The topological polar surface area (TPSA) is 86.8 Å². The van der Waals surface area contributed by atoms with Crippen LogP contribution in [-0.2, 0) is 26.2 Å². The summed E-state index contributed by atoms with van der Waals surface area (Å²) < 4.78 is 28.6. The molecule has 2 amide bonds. The van der Waals surface area contributed by atoms with Crippen LogP contribution in [0.2, 0.25) is 15.1 Å². The van der Waals surface area contributed by atoms with Crippen molar-refractivity contribution in [3.63, 3.8) is 0 Å². The molecular weight excluding hydrogens is 593 g/mol. The van der Waals surface area contributed by atoms with E-state index in [0.717, 1.165) is 30.0 Å². The lowest BCUT2D eigenvalue weighted by atomic mass is 10.1. The summed E-state index contributed by atoms with van der Waals surface area (Å²) in [5, 5.41) is 4.15. The van der Waals surface area contributed by atoms with Crippen molar-refractivity contribution in [1.82, 2.24) is 10.2 Å². The van der Waals surface area contributed by atoms with Crippen LogP contribution in [-0.4, -0.2) is 43.8 Å². The minimum absolute atomic E-state index is 0.0160. The van der Waals surface area contributed by atoms with Gasteiger partial charge in [-0.1, -0.05) is 71.9 Å². The summed E-state index contributed by atoms with van der Waals surface area (Å²) >= 11 is 18.6. The summed E-state index contributed by atoms with van der Waals surface area (Å²) in [4.78, 5) is 28.6. The molecule has 0 bridgehead atoms. The van der Waals surface area contributed by atoms with E-state index in [1.165, 1.54) is 35.2 Å². The number of benzene rings is 3. The van der Waals surface area contributed by atoms with E-state index in [1.54, 1.807) is 49.4 Å². The Kier molecular flexibility index (Phi) is 10.0. The Bertz CT molecular complexity index is 1460. The first kappa shape index (κ1) is 30.2. The first-order chi connectivity index (χ1) is 19.1. The van der Waals surface area contributed by atoms with Crippen LogP contribution in [0.15, 0.2) is 77.7 Å². The average molecular weight is 623 g/mol. The Balaban J connectivity index is 1.69. The summed E-state index contributed by atoms with van der Waals surface area (Å²) in [5.41, 5.74) is 0.837. The minimum atomic E-state index is -4.22. The quantitative estimate of drug-likeness (QED) is 0.287. The van der Waals surface area contributed by atoms with Crippen LogP contribution >= 0.6 is 34.8 Å². The summed E-state index contributed by atoms with van der Waals surface area (Å²) in [6, 6.07) is 18.1. The summed E-state index contributed by atoms with van der Waals surface area (Å²) in [5.74, 6) is -0.881. The number of nitrogens with zero attached hydrogens (tertiary/aromatic N) is 2. The zero-order valence-corrected chi connectivity index (χ0v) is 25.0. The highest BCUT2D eigenvalue weighted by atomic mass is 35.5. The number of sulfonamides is 1. The highest BCUT2D eigenvalue weighted by molar-refractivity contribution is 7.92. The molecule has 1 fully saturated rings. The molecule has 0 aliphatic heterocycles. The lowest BCUT2D eigenvalue weighted by molar-refractivity contribution is -0.139. The van der Waals surface area contributed by atoms with Crippen molar-refractivity contribution in [2.45, 2.75) is 56.1 Å². The SMILES string of the molecule is C[C@H](C(=O)NC1CCCC1)N(Cc1ccccc1Cl)C(=O)CN(c1cccc(Cl)c1)S(=O)(=O)c1ccc(Cl)cc1. The number of anilines is 1. The van der Waals surface area contributed by atoms with Gasteiger partial charge >= 0.3 is 0 Å². The van der Waals surface area contributed by atoms with E-state index in [9.17, 15) is 18.0 Å². The second kappa shape index (κ2) is 13.3. The molecule has 3 aromatic rings. The van der Waals surface area contributed by atoms with E-state index < -0.39 is 28.5 Å². The van der Waals surface area contributed by atoms with Crippen LogP contribution in [0.4, 0.5) is 5.69 Å². The van der Waals surface area contributed by atoms with Gasteiger partial charge in [-0.25, -0.2) is 8.42 Å². The van der Waals surface area contributed by atoms with Gasteiger partial charge in [0, 0.05) is 27.7 Å². The maximum Gasteiger partial charge on any atom is 0.264 e. The number of nitrogens with one attached hydrogen (secondary N) is 1. The zero-order chi connectivity index (χ0) is 28.9. The molecule has 1 atom stereocenters. The average Bonchev–Trinajstić information content (AvgIpc) is 3.44. The molecule has 1 aliphatic rings. The van der Waals surface area contributed by atoms with E-state index in [4.69, 9.17) is 34.8 Å². The van der Waals surface area contributed by atoms with Crippen LogP contribution in [0.3, 0.4) is 0 Å². The summed E-state index contributed by atoms with van der Waals surface area (Å²) in [6.45, 7) is 1.08. The zero-order valence-electron chi connectivity index (χ0n) is 21.9. The van der Waals surface area contributed by atoms with Gasteiger partial charge in [0.15, 0.2) is 0 Å². The Hall–Kier alpha value is -2.78. The van der Waals surface area contributed by atoms with E-state index in [-0.39, 0.29) is 29.1 Å². The lowest BCUT2D eigenvalue weighted by Crippen LogP contribution is -2.52. The van der Waals surface area contributed by atoms with Gasteiger partial charge in [-0.3, -0.25) is 13.9 Å². The first-order valence-corrected chi connectivity index (χ1v) is 15.5. The number of carbonyl (C=O) groups is 2. The molecule has 0 unspecified atom stereocenters. The highest BCUT2D eigenvalue weighted by Gasteiger charge is 2.33. The van der Waals surface area contributed by atoms with E-state index >= 15 is 0 Å². The van der Waals surface area contributed by atoms with Gasteiger partial charge in [0.25, 0.3) is 10.0 Å². The molecule has 1 aliphatic carbocycles. The number of hydrogen-bond acceptors (Lipinski definition) is 4. The smallest absolute Gasteiger partial charge is 0.264 e. The van der Waals surface area contributed by atoms with Crippen molar-refractivity contribution in [2.24, 2.45) is 0 Å². The van der Waals surface area contributed by atoms with Crippen LogP contribution in [0.5, 0.6) is 0 Å². The van der Waals surface area contributed by atoms with Crippen molar-refractivity contribution in [2.75, 3.05) is 10.8 Å². The molecular formula is C29H30Cl3N3O4S. The Labute approximate surface area is 250 Å². The number of carbonyl (C=O) groups excluding carboxylic acids is 2. The molecule has 212 valence electrons. The minimum Gasteiger partial charge on any atom is -0.352 e. The third-order valence-electron chi connectivity index (χ3n) is 6.94. The number of amides is 2. The molecule has 40 heavy (non-hydrogen) atoms. The molecule has 7 nitrogen and oxygen atoms in total. The molecule has 4 rings (SSSR count). The molecule has 11 heteroatoms. The second-order valence-electron chi connectivity index (χ2n) is 9.72. The highest BCUT2D eigenvalue weighted by Crippen LogP contribution is 2.28. The number of rotatable bonds is 10. The van der Waals surface area contributed by atoms with Crippen molar-refractivity contribution < 1.29 is 18.0 Å². The fourth-order valence-corrected chi connectivity index (χ4v) is 6.59. The fourth-order valence-electron chi connectivity index (χ4n) is 4.68. The molecule has 1 N–H and O–H groups in total. The Morgan fingerprint density at radius 1 is 0.925 bits per heavy atom. The maximum atomic E-state index is 14.0. The van der Waals surface area contributed by atoms with Crippen molar-refractivity contribution >= 4 is 62.3 Å². The molecule has 1 saturated carbocycles. The van der Waals surface area contributed by atoms with Gasteiger partial charge in [0.05, 0.1) is 10.6 Å². The van der Waals surface area contributed by atoms with Gasteiger partial charge in [0.2, 0.25) is 11.8 Å². The molecule has 0 saturated heterocycles. The maximum absolute atomic E-state index is 14.0. The van der Waals surface area contributed by atoms with E-state index in [1.807, 2.05) is 0 Å². The fraction of sp³-hybridized carbons (Fsp3) is 0.310. The molecule has 0 radical (unpaired) electrons. The van der Waals surface area contributed by atoms with Crippen LogP contribution in [0, 0.1) is 0 Å². The largest absolute Gasteiger partial charge is 0.352 e. The first-order valence-electron chi connectivity index (χ1n) is 12.9. The van der Waals surface area contributed by atoms with Crippen molar-refractivity contribution in [1.29, 1.82) is 0 Å². The monoisotopic (exact) mass is 621 g/mol. The predicted octanol–water partition coefficient (Wildman–Crippen LogP) is 6.32. The van der Waals surface area contributed by atoms with Crippen LogP contribution in [0.25, 0.3) is 0 Å². The molecule has 0 heterocycles. The van der Waals surface area contributed by atoms with Gasteiger partial charge in [-0.15, -0.1) is 0 Å². The molecule has 0 spiro atoms. The van der Waals surface area contributed by atoms with Crippen LogP contribution < -0.4 is 9.62 Å². The van der Waals surface area contributed by atoms with Crippen molar-refractivity contribution in [3.8, 4) is 0 Å². The normalized spacial score (nSPS) is 14.5. The van der Waals surface area contributed by atoms with Gasteiger partial charge in [0.1, 0.15) is 12.6 Å².